The van der Waals surface area contributed by atoms with Crippen molar-refractivity contribution in [2.45, 2.75) is 46.6 Å². The van der Waals surface area contributed by atoms with Crippen molar-refractivity contribution in [3.8, 4) is 5.75 Å². The predicted molar refractivity (Wildman–Crippen MR) is 137 cm³/mol. The number of amides is 1. The summed E-state index contributed by atoms with van der Waals surface area (Å²) in [5.41, 5.74) is 7.66. The molecule has 1 aliphatic rings. The van der Waals surface area contributed by atoms with E-state index in [1.165, 1.54) is 5.56 Å². The van der Waals surface area contributed by atoms with Gasteiger partial charge in [-0.2, -0.15) is 0 Å². The van der Waals surface area contributed by atoms with Crippen LogP contribution in [0, 0.1) is 27.7 Å². The Balaban J connectivity index is 1.43. The quantitative estimate of drug-likeness (QED) is 0.367. The van der Waals surface area contributed by atoms with Crippen molar-refractivity contribution in [1.82, 2.24) is 9.55 Å². The Morgan fingerprint density at radius 3 is 2.50 bits per heavy atom. The highest BCUT2D eigenvalue weighted by Gasteiger charge is 2.35. The standard InChI is InChI=1S/C29H31N3O2/c1-19-12-13-20(2)26(16-19)34-15-14-31-25-11-6-5-10-24(25)30-29(31)23-17-27(33)32(18-23)28-21(3)8-7-9-22(28)4/h5-13,16,23H,14-15,17-18H2,1-4H3. The monoisotopic (exact) mass is 453 g/mol. The molecule has 3 aromatic carbocycles. The average Bonchev–Trinajstić information content (AvgIpc) is 3.37. The number of benzene rings is 3. The minimum absolute atomic E-state index is 0.0413. The second-order valence-corrected chi connectivity index (χ2v) is 9.37. The molecule has 5 heteroatoms. The molecule has 5 rings (SSSR count). The van der Waals surface area contributed by atoms with Gasteiger partial charge in [0.05, 0.1) is 17.6 Å². The molecule has 1 amide bonds. The van der Waals surface area contributed by atoms with E-state index in [-0.39, 0.29) is 11.8 Å². The van der Waals surface area contributed by atoms with Gasteiger partial charge >= 0.3 is 0 Å². The first kappa shape index (κ1) is 22.2. The Bertz CT molecular complexity index is 1350. The molecule has 0 aliphatic carbocycles. The van der Waals surface area contributed by atoms with E-state index in [9.17, 15) is 4.79 Å². The van der Waals surface area contributed by atoms with Gasteiger partial charge in [0.2, 0.25) is 5.91 Å². The van der Waals surface area contributed by atoms with Crippen molar-refractivity contribution in [3.05, 3.63) is 88.7 Å². The van der Waals surface area contributed by atoms with Gasteiger partial charge in [-0.15, -0.1) is 0 Å². The highest BCUT2D eigenvalue weighted by atomic mass is 16.5. The molecular weight excluding hydrogens is 422 g/mol. The molecule has 0 saturated carbocycles. The van der Waals surface area contributed by atoms with Crippen molar-refractivity contribution < 1.29 is 9.53 Å². The van der Waals surface area contributed by atoms with Gasteiger partial charge in [0.25, 0.3) is 0 Å². The van der Waals surface area contributed by atoms with Gasteiger partial charge in [-0.1, -0.05) is 42.5 Å². The summed E-state index contributed by atoms with van der Waals surface area (Å²) in [5, 5.41) is 0. The summed E-state index contributed by atoms with van der Waals surface area (Å²) in [6, 6.07) is 20.7. The van der Waals surface area contributed by atoms with Crippen LogP contribution in [-0.2, 0) is 11.3 Å². The zero-order chi connectivity index (χ0) is 23.8. The molecular formula is C29H31N3O2. The molecule has 1 aromatic heterocycles. The fraction of sp³-hybridized carbons (Fsp3) is 0.310. The number of anilines is 1. The molecule has 0 bridgehead atoms. The molecule has 174 valence electrons. The third-order valence-corrected chi connectivity index (χ3v) is 6.80. The van der Waals surface area contributed by atoms with E-state index in [2.05, 4.69) is 68.7 Å². The molecule has 5 nitrogen and oxygen atoms in total. The lowest BCUT2D eigenvalue weighted by Crippen LogP contribution is -2.26. The summed E-state index contributed by atoms with van der Waals surface area (Å²) in [6.07, 6.45) is 0.467. The number of imidazole rings is 1. The van der Waals surface area contributed by atoms with Crippen LogP contribution < -0.4 is 9.64 Å². The summed E-state index contributed by atoms with van der Waals surface area (Å²) in [7, 11) is 0. The second kappa shape index (κ2) is 8.98. The summed E-state index contributed by atoms with van der Waals surface area (Å²) in [4.78, 5) is 20.1. The molecule has 0 radical (unpaired) electrons. The summed E-state index contributed by atoms with van der Waals surface area (Å²) < 4.78 is 8.42. The maximum Gasteiger partial charge on any atom is 0.227 e. The van der Waals surface area contributed by atoms with E-state index in [1.807, 2.05) is 29.2 Å². The number of aryl methyl sites for hydroxylation is 4. The largest absolute Gasteiger partial charge is 0.491 e. The zero-order valence-corrected chi connectivity index (χ0v) is 20.3. The molecule has 1 aliphatic heterocycles. The Morgan fingerprint density at radius 2 is 1.71 bits per heavy atom. The van der Waals surface area contributed by atoms with Gasteiger partial charge in [-0.3, -0.25) is 4.79 Å². The van der Waals surface area contributed by atoms with Crippen LogP contribution in [0.1, 0.15) is 40.4 Å². The van der Waals surface area contributed by atoms with Gasteiger partial charge in [-0.05, 0) is 68.1 Å². The normalized spacial score (nSPS) is 15.9. The lowest BCUT2D eigenvalue weighted by molar-refractivity contribution is -0.117. The average molecular weight is 454 g/mol. The fourth-order valence-electron chi connectivity index (χ4n) is 5.08. The van der Waals surface area contributed by atoms with Gasteiger partial charge in [-0.25, -0.2) is 4.98 Å². The molecule has 1 fully saturated rings. The van der Waals surface area contributed by atoms with E-state index >= 15 is 0 Å². The SMILES string of the molecule is Cc1ccc(C)c(OCCn2c(C3CC(=O)N(c4c(C)cccc4C)C3)nc3ccccc32)c1. The summed E-state index contributed by atoms with van der Waals surface area (Å²) >= 11 is 0. The van der Waals surface area contributed by atoms with Crippen LogP contribution in [0.25, 0.3) is 11.0 Å². The number of ether oxygens (including phenoxy) is 1. The van der Waals surface area contributed by atoms with Crippen LogP contribution in [0.15, 0.2) is 60.7 Å². The number of fused-ring (bicyclic) bond motifs is 1. The van der Waals surface area contributed by atoms with E-state index in [4.69, 9.17) is 9.72 Å². The Kier molecular flexibility index (Phi) is 5.86. The van der Waals surface area contributed by atoms with Crippen molar-refractivity contribution in [1.29, 1.82) is 0 Å². The van der Waals surface area contributed by atoms with Crippen molar-refractivity contribution in [2.24, 2.45) is 0 Å². The Labute approximate surface area is 201 Å². The first-order valence-corrected chi connectivity index (χ1v) is 11.9. The van der Waals surface area contributed by atoms with Crippen molar-refractivity contribution in [3.63, 3.8) is 0 Å². The number of aromatic nitrogens is 2. The first-order valence-electron chi connectivity index (χ1n) is 11.9. The number of carbonyl (C=O) groups is 1. The molecule has 0 N–H and O–H groups in total. The Morgan fingerprint density at radius 1 is 0.941 bits per heavy atom. The smallest absolute Gasteiger partial charge is 0.227 e. The minimum atomic E-state index is 0.0413. The molecule has 1 unspecified atom stereocenters. The maximum absolute atomic E-state index is 13.1. The van der Waals surface area contributed by atoms with Gasteiger partial charge in [0, 0.05) is 24.6 Å². The third-order valence-electron chi connectivity index (χ3n) is 6.80. The molecule has 4 aromatic rings. The number of carbonyl (C=O) groups excluding carboxylic acids is 1. The molecule has 2 heterocycles. The highest BCUT2D eigenvalue weighted by molar-refractivity contribution is 5.98. The summed E-state index contributed by atoms with van der Waals surface area (Å²) in [5.74, 6) is 2.09. The van der Waals surface area contributed by atoms with Gasteiger partial charge < -0.3 is 14.2 Å². The van der Waals surface area contributed by atoms with E-state index < -0.39 is 0 Å². The van der Waals surface area contributed by atoms with E-state index in [1.54, 1.807) is 0 Å². The zero-order valence-electron chi connectivity index (χ0n) is 20.3. The minimum Gasteiger partial charge on any atom is -0.491 e. The molecule has 1 saturated heterocycles. The second-order valence-electron chi connectivity index (χ2n) is 9.37. The highest BCUT2D eigenvalue weighted by Crippen LogP contribution is 2.36. The van der Waals surface area contributed by atoms with E-state index in [0.717, 1.165) is 45.0 Å². The fourth-order valence-corrected chi connectivity index (χ4v) is 5.08. The van der Waals surface area contributed by atoms with Gasteiger partial charge in [0.15, 0.2) is 0 Å². The van der Waals surface area contributed by atoms with Gasteiger partial charge in [0.1, 0.15) is 18.2 Å². The number of hydrogen-bond donors (Lipinski definition) is 0. The first-order chi connectivity index (χ1) is 16.4. The van der Waals surface area contributed by atoms with Crippen LogP contribution in [0.4, 0.5) is 5.69 Å². The van der Waals surface area contributed by atoms with Crippen molar-refractivity contribution >= 4 is 22.6 Å². The van der Waals surface area contributed by atoms with Crippen LogP contribution >= 0.6 is 0 Å². The van der Waals surface area contributed by atoms with Crippen LogP contribution in [-0.4, -0.2) is 28.6 Å². The number of rotatable bonds is 6. The molecule has 1 atom stereocenters. The van der Waals surface area contributed by atoms with Crippen LogP contribution in [0.3, 0.4) is 0 Å². The molecule has 34 heavy (non-hydrogen) atoms. The molecule has 0 spiro atoms. The maximum atomic E-state index is 13.1. The number of nitrogens with zero attached hydrogens (tertiary/aromatic N) is 3. The van der Waals surface area contributed by atoms with E-state index in [0.29, 0.717) is 26.1 Å². The number of para-hydroxylation sites is 3. The Hall–Kier alpha value is -3.60. The lowest BCUT2D eigenvalue weighted by Gasteiger charge is -2.21. The lowest BCUT2D eigenvalue weighted by atomic mass is 10.1. The predicted octanol–water partition coefficient (Wildman–Crippen LogP) is 5.87. The third kappa shape index (κ3) is 4.07. The summed E-state index contributed by atoms with van der Waals surface area (Å²) in [6.45, 7) is 10.2. The topological polar surface area (TPSA) is 47.4 Å². The van der Waals surface area contributed by atoms with Crippen molar-refractivity contribution in [2.75, 3.05) is 18.1 Å². The van der Waals surface area contributed by atoms with Crippen LogP contribution in [0.5, 0.6) is 5.75 Å². The van der Waals surface area contributed by atoms with Crippen LogP contribution in [0.2, 0.25) is 0 Å². The number of hydrogen-bond acceptors (Lipinski definition) is 3.